The van der Waals surface area contributed by atoms with Gasteiger partial charge in [0.15, 0.2) is 0 Å². The van der Waals surface area contributed by atoms with Gasteiger partial charge in [-0.25, -0.2) is 0 Å². The fourth-order valence-electron chi connectivity index (χ4n) is 3.08. The van der Waals surface area contributed by atoms with Crippen LogP contribution >= 0.6 is 0 Å². The van der Waals surface area contributed by atoms with E-state index in [0.717, 1.165) is 51.6 Å². The summed E-state index contributed by atoms with van der Waals surface area (Å²) in [6.07, 6.45) is 5.86. The summed E-state index contributed by atoms with van der Waals surface area (Å²) in [5, 5.41) is 3.38. The van der Waals surface area contributed by atoms with Gasteiger partial charge in [-0.2, -0.15) is 17.0 Å². The van der Waals surface area contributed by atoms with Gasteiger partial charge in [0.2, 0.25) is 0 Å². The molecule has 0 aliphatic carbocycles. The third kappa shape index (κ3) is 4.91. The zero-order valence-electron chi connectivity index (χ0n) is 14.1. The maximum absolute atomic E-state index is 12.9. The molecule has 1 fully saturated rings. The molecule has 21 heavy (non-hydrogen) atoms. The van der Waals surface area contributed by atoms with E-state index in [-0.39, 0.29) is 12.1 Å². The molecule has 0 aromatic rings. The lowest BCUT2D eigenvalue weighted by atomic mass is 10.1. The number of nitrogens with zero attached hydrogens (tertiary/aromatic N) is 2. The molecule has 1 atom stereocenters. The number of hydrogen-bond acceptors (Lipinski definition) is 3. The standard InChI is InChI=1S/C15H33N3O2S/c1-5-11-16-13-15-10-8-9-12-18(15)21(19,20)17(4)14(6-2)7-3/h14-16H,5-13H2,1-4H3. The molecule has 126 valence electrons. The third-order valence-electron chi connectivity index (χ3n) is 4.50. The number of piperidine rings is 1. The highest BCUT2D eigenvalue weighted by Crippen LogP contribution is 2.24. The highest BCUT2D eigenvalue weighted by atomic mass is 32.2. The Morgan fingerprint density at radius 3 is 2.48 bits per heavy atom. The minimum atomic E-state index is -3.35. The SMILES string of the molecule is CCCNCC1CCCCN1S(=O)(=O)N(C)C(CC)CC. The third-order valence-corrected chi connectivity index (χ3v) is 6.60. The van der Waals surface area contributed by atoms with Gasteiger partial charge >= 0.3 is 0 Å². The van der Waals surface area contributed by atoms with Crippen LogP contribution in [0.3, 0.4) is 0 Å². The fraction of sp³-hybridized carbons (Fsp3) is 1.00. The smallest absolute Gasteiger partial charge is 0.282 e. The molecule has 1 saturated heterocycles. The van der Waals surface area contributed by atoms with Crippen LogP contribution in [0.2, 0.25) is 0 Å². The molecule has 0 aromatic carbocycles. The van der Waals surface area contributed by atoms with E-state index in [0.29, 0.717) is 6.54 Å². The first-order valence-electron chi connectivity index (χ1n) is 8.44. The Kier molecular flexibility index (Phi) is 8.16. The summed E-state index contributed by atoms with van der Waals surface area (Å²) >= 11 is 0. The van der Waals surface area contributed by atoms with Crippen molar-refractivity contribution < 1.29 is 8.42 Å². The van der Waals surface area contributed by atoms with Gasteiger partial charge in [-0.15, -0.1) is 0 Å². The normalized spacial score (nSPS) is 21.3. The highest BCUT2D eigenvalue weighted by molar-refractivity contribution is 7.86. The Morgan fingerprint density at radius 1 is 1.24 bits per heavy atom. The van der Waals surface area contributed by atoms with E-state index in [2.05, 4.69) is 26.1 Å². The quantitative estimate of drug-likeness (QED) is 0.663. The lowest BCUT2D eigenvalue weighted by Gasteiger charge is -2.39. The summed E-state index contributed by atoms with van der Waals surface area (Å²) in [4.78, 5) is 0. The number of hydrogen-bond donors (Lipinski definition) is 1. The van der Waals surface area contributed by atoms with Gasteiger partial charge in [0.25, 0.3) is 10.2 Å². The van der Waals surface area contributed by atoms with Crippen LogP contribution in [0.1, 0.15) is 59.3 Å². The fourth-order valence-corrected chi connectivity index (χ4v) is 5.01. The molecular formula is C15H33N3O2S. The first-order chi connectivity index (χ1) is 9.98. The second kappa shape index (κ2) is 9.08. The van der Waals surface area contributed by atoms with E-state index in [4.69, 9.17) is 0 Å². The molecule has 1 N–H and O–H groups in total. The van der Waals surface area contributed by atoms with Crippen LogP contribution in [0, 0.1) is 0 Å². The van der Waals surface area contributed by atoms with E-state index in [1.54, 1.807) is 15.7 Å². The Labute approximate surface area is 131 Å². The molecule has 6 heteroatoms. The Hall–Kier alpha value is -0.170. The first kappa shape index (κ1) is 18.9. The molecule has 1 unspecified atom stereocenters. The van der Waals surface area contributed by atoms with E-state index >= 15 is 0 Å². The van der Waals surface area contributed by atoms with Crippen molar-refractivity contribution in [1.29, 1.82) is 0 Å². The van der Waals surface area contributed by atoms with Crippen LogP contribution in [0.5, 0.6) is 0 Å². The van der Waals surface area contributed by atoms with Crippen molar-refractivity contribution in [3.05, 3.63) is 0 Å². The van der Waals surface area contributed by atoms with Crippen molar-refractivity contribution in [1.82, 2.24) is 13.9 Å². The highest BCUT2D eigenvalue weighted by Gasteiger charge is 2.36. The van der Waals surface area contributed by atoms with Gasteiger partial charge in [0.1, 0.15) is 0 Å². The minimum absolute atomic E-state index is 0.0983. The Bertz CT molecular complexity index is 382. The van der Waals surface area contributed by atoms with E-state index in [9.17, 15) is 8.42 Å². The maximum atomic E-state index is 12.9. The summed E-state index contributed by atoms with van der Waals surface area (Å²) < 4.78 is 29.1. The van der Waals surface area contributed by atoms with Crippen molar-refractivity contribution >= 4 is 10.2 Å². The zero-order chi connectivity index (χ0) is 15.9. The van der Waals surface area contributed by atoms with Gasteiger partial charge in [-0.05, 0) is 38.6 Å². The zero-order valence-corrected chi connectivity index (χ0v) is 15.0. The molecule has 0 radical (unpaired) electrons. The van der Waals surface area contributed by atoms with Crippen molar-refractivity contribution in [3.63, 3.8) is 0 Å². The van der Waals surface area contributed by atoms with E-state index in [1.807, 2.05) is 0 Å². The van der Waals surface area contributed by atoms with Gasteiger partial charge in [0, 0.05) is 32.2 Å². The van der Waals surface area contributed by atoms with Crippen LogP contribution in [0.15, 0.2) is 0 Å². The van der Waals surface area contributed by atoms with Gasteiger partial charge in [0.05, 0.1) is 0 Å². The number of nitrogens with one attached hydrogen (secondary N) is 1. The molecule has 1 heterocycles. The molecule has 0 amide bonds. The predicted octanol–water partition coefficient (Wildman–Crippen LogP) is 2.21. The molecule has 0 saturated carbocycles. The summed E-state index contributed by atoms with van der Waals surface area (Å²) in [6.45, 7) is 8.61. The second-order valence-electron chi connectivity index (χ2n) is 5.96. The van der Waals surface area contributed by atoms with Crippen LogP contribution < -0.4 is 5.32 Å². The maximum Gasteiger partial charge on any atom is 0.282 e. The van der Waals surface area contributed by atoms with Crippen molar-refractivity contribution in [2.24, 2.45) is 0 Å². The monoisotopic (exact) mass is 319 g/mol. The minimum Gasteiger partial charge on any atom is -0.315 e. The summed E-state index contributed by atoms with van der Waals surface area (Å²) in [5.74, 6) is 0. The summed E-state index contributed by atoms with van der Waals surface area (Å²) in [5.41, 5.74) is 0. The van der Waals surface area contributed by atoms with Crippen LogP contribution in [0.25, 0.3) is 0 Å². The van der Waals surface area contributed by atoms with Crippen molar-refractivity contribution in [2.75, 3.05) is 26.7 Å². The second-order valence-corrected chi connectivity index (χ2v) is 7.90. The Morgan fingerprint density at radius 2 is 1.90 bits per heavy atom. The average molecular weight is 320 g/mol. The Balaban J connectivity index is 2.81. The van der Waals surface area contributed by atoms with Gasteiger partial charge in [-0.1, -0.05) is 27.2 Å². The lowest BCUT2D eigenvalue weighted by Crippen LogP contribution is -2.54. The molecule has 0 bridgehead atoms. The molecule has 1 aliphatic rings. The summed E-state index contributed by atoms with van der Waals surface area (Å²) in [6, 6.07) is 0.202. The van der Waals surface area contributed by atoms with E-state index in [1.165, 1.54) is 0 Å². The largest absolute Gasteiger partial charge is 0.315 e. The molecule has 0 spiro atoms. The molecule has 1 aliphatic heterocycles. The molecule has 0 aromatic heterocycles. The van der Waals surface area contributed by atoms with Crippen LogP contribution in [-0.2, 0) is 10.2 Å². The van der Waals surface area contributed by atoms with Gasteiger partial charge in [-0.3, -0.25) is 0 Å². The number of rotatable bonds is 9. The van der Waals surface area contributed by atoms with Gasteiger partial charge < -0.3 is 5.32 Å². The topological polar surface area (TPSA) is 52.7 Å². The summed E-state index contributed by atoms with van der Waals surface area (Å²) in [7, 11) is -1.61. The molecule has 5 nitrogen and oxygen atoms in total. The van der Waals surface area contributed by atoms with Crippen molar-refractivity contribution in [2.45, 2.75) is 71.4 Å². The van der Waals surface area contributed by atoms with Crippen LogP contribution in [0.4, 0.5) is 0 Å². The van der Waals surface area contributed by atoms with E-state index < -0.39 is 10.2 Å². The predicted molar refractivity (Wildman–Crippen MR) is 88.6 cm³/mol. The molecule has 1 rings (SSSR count). The average Bonchev–Trinajstić information content (AvgIpc) is 2.49. The van der Waals surface area contributed by atoms with Crippen molar-refractivity contribution in [3.8, 4) is 0 Å². The molecular weight excluding hydrogens is 286 g/mol. The lowest BCUT2D eigenvalue weighted by molar-refractivity contribution is 0.219. The first-order valence-corrected chi connectivity index (χ1v) is 9.84. The van der Waals surface area contributed by atoms with Crippen LogP contribution in [-0.4, -0.2) is 55.8 Å².